The van der Waals surface area contributed by atoms with E-state index in [1.807, 2.05) is 0 Å². The number of carbonyl (C=O) groups excluding carboxylic acids is 1. The van der Waals surface area contributed by atoms with Gasteiger partial charge in [-0.05, 0) is 39.5 Å². The van der Waals surface area contributed by atoms with Crippen LogP contribution in [-0.2, 0) is 14.8 Å². The van der Waals surface area contributed by atoms with E-state index in [9.17, 15) is 13.2 Å². The Kier molecular flexibility index (Phi) is 6.02. The number of nitrogens with one attached hydrogen (secondary N) is 1. The molecule has 26 heavy (non-hydrogen) atoms. The lowest BCUT2D eigenvalue weighted by Gasteiger charge is -2.32. The van der Waals surface area contributed by atoms with Crippen LogP contribution in [0.15, 0.2) is 9.42 Å². The zero-order valence-electron chi connectivity index (χ0n) is 15.7. The van der Waals surface area contributed by atoms with Gasteiger partial charge in [-0.3, -0.25) is 4.79 Å². The molecule has 146 valence electrons. The standard InChI is InChI=1S/C18H29N3O4S/c1-13-17(14(2)25-20-13)26(23,24)21-11-7-8-15(12-21)18(22)19-16-9-5-3-4-6-10-16/h15-16H,3-12H2,1-2H3,(H,19,22)/t15-/m0/s1. The maximum Gasteiger partial charge on any atom is 0.248 e. The number of piperidine rings is 1. The summed E-state index contributed by atoms with van der Waals surface area (Å²) in [6, 6.07) is 0.236. The Hall–Kier alpha value is -1.41. The van der Waals surface area contributed by atoms with Crippen molar-refractivity contribution in [3.63, 3.8) is 0 Å². The highest BCUT2D eigenvalue weighted by Gasteiger charge is 2.36. The Morgan fingerprint density at radius 1 is 1.12 bits per heavy atom. The number of nitrogens with zero attached hydrogens (tertiary/aromatic N) is 2. The predicted molar refractivity (Wildman–Crippen MR) is 97.1 cm³/mol. The average Bonchev–Trinajstić information content (AvgIpc) is 2.81. The summed E-state index contributed by atoms with van der Waals surface area (Å²) in [6.45, 7) is 3.89. The van der Waals surface area contributed by atoms with Gasteiger partial charge in [-0.15, -0.1) is 0 Å². The van der Waals surface area contributed by atoms with E-state index in [2.05, 4.69) is 10.5 Å². The minimum Gasteiger partial charge on any atom is -0.360 e. The zero-order valence-corrected chi connectivity index (χ0v) is 16.5. The predicted octanol–water partition coefficient (Wildman–Crippen LogP) is 2.53. The van der Waals surface area contributed by atoms with Gasteiger partial charge in [0.05, 0.1) is 5.92 Å². The van der Waals surface area contributed by atoms with Crippen LogP contribution < -0.4 is 5.32 Å². The molecule has 3 rings (SSSR count). The van der Waals surface area contributed by atoms with Gasteiger partial charge in [-0.1, -0.05) is 30.8 Å². The van der Waals surface area contributed by atoms with Crippen molar-refractivity contribution in [3.8, 4) is 0 Å². The molecule has 1 aliphatic carbocycles. The molecule has 1 aliphatic heterocycles. The van der Waals surface area contributed by atoms with Gasteiger partial charge in [0.1, 0.15) is 10.6 Å². The summed E-state index contributed by atoms with van der Waals surface area (Å²) in [6.07, 6.45) is 8.25. The first-order chi connectivity index (χ1) is 12.4. The Bertz CT molecular complexity index is 716. The lowest BCUT2D eigenvalue weighted by atomic mass is 9.97. The van der Waals surface area contributed by atoms with Crippen LogP contribution in [0, 0.1) is 19.8 Å². The molecule has 0 spiro atoms. The van der Waals surface area contributed by atoms with Gasteiger partial charge in [0.15, 0.2) is 5.76 Å². The molecule has 8 heteroatoms. The third kappa shape index (κ3) is 4.11. The van der Waals surface area contributed by atoms with E-state index in [0.717, 1.165) is 32.1 Å². The minimum absolute atomic E-state index is 0.00411. The average molecular weight is 384 g/mol. The molecule has 1 saturated heterocycles. The fourth-order valence-electron chi connectivity index (χ4n) is 4.09. The van der Waals surface area contributed by atoms with E-state index >= 15 is 0 Å². The van der Waals surface area contributed by atoms with E-state index in [1.165, 1.54) is 17.1 Å². The van der Waals surface area contributed by atoms with E-state index in [-0.39, 0.29) is 29.3 Å². The third-order valence-electron chi connectivity index (χ3n) is 5.52. The second-order valence-corrected chi connectivity index (χ2v) is 9.43. The van der Waals surface area contributed by atoms with Gasteiger partial charge in [-0.25, -0.2) is 8.42 Å². The lowest BCUT2D eigenvalue weighted by molar-refractivity contribution is -0.126. The summed E-state index contributed by atoms with van der Waals surface area (Å²) in [4.78, 5) is 12.8. The molecular formula is C18H29N3O4S. The van der Waals surface area contributed by atoms with Crippen LogP contribution in [-0.4, -0.2) is 42.9 Å². The molecule has 2 fully saturated rings. The van der Waals surface area contributed by atoms with Crippen LogP contribution in [0.2, 0.25) is 0 Å². The monoisotopic (exact) mass is 383 g/mol. The molecule has 1 N–H and O–H groups in total. The summed E-state index contributed by atoms with van der Waals surface area (Å²) < 4.78 is 32.4. The quantitative estimate of drug-likeness (QED) is 0.807. The van der Waals surface area contributed by atoms with E-state index in [0.29, 0.717) is 24.4 Å². The second kappa shape index (κ2) is 8.08. The van der Waals surface area contributed by atoms with Gasteiger partial charge in [0, 0.05) is 19.1 Å². The van der Waals surface area contributed by atoms with Crippen LogP contribution in [0.3, 0.4) is 0 Å². The van der Waals surface area contributed by atoms with Gasteiger partial charge in [-0.2, -0.15) is 4.31 Å². The number of hydrogen-bond donors (Lipinski definition) is 1. The third-order valence-corrected chi connectivity index (χ3v) is 7.63. The highest BCUT2D eigenvalue weighted by molar-refractivity contribution is 7.89. The fraction of sp³-hybridized carbons (Fsp3) is 0.778. The molecule has 7 nitrogen and oxygen atoms in total. The van der Waals surface area contributed by atoms with Crippen LogP contribution in [0.1, 0.15) is 62.8 Å². The van der Waals surface area contributed by atoms with Crippen molar-refractivity contribution in [3.05, 3.63) is 11.5 Å². The molecule has 0 unspecified atom stereocenters. The molecule has 0 aromatic carbocycles. The van der Waals surface area contributed by atoms with Crippen molar-refractivity contribution in [1.82, 2.24) is 14.8 Å². The van der Waals surface area contributed by atoms with Crippen molar-refractivity contribution in [2.45, 2.75) is 76.2 Å². The molecule has 1 aromatic rings. The first kappa shape index (κ1) is 19.4. The Morgan fingerprint density at radius 3 is 2.42 bits per heavy atom. The summed E-state index contributed by atoms with van der Waals surface area (Å²) >= 11 is 0. The molecule has 1 aromatic heterocycles. The molecular weight excluding hydrogens is 354 g/mol. The first-order valence-corrected chi connectivity index (χ1v) is 11.1. The molecule has 2 aliphatic rings. The number of carbonyl (C=O) groups is 1. The Morgan fingerprint density at radius 2 is 1.81 bits per heavy atom. The second-order valence-electron chi connectivity index (χ2n) is 7.55. The highest BCUT2D eigenvalue weighted by atomic mass is 32.2. The SMILES string of the molecule is Cc1noc(C)c1S(=O)(=O)N1CCC[C@H](C(=O)NC2CCCCCC2)C1. The fourth-order valence-corrected chi connectivity index (χ4v) is 5.90. The van der Waals surface area contributed by atoms with Crippen molar-refractivity contribution in [2.75, 3.05) is 13.1 Å². The van der Waals surface area contributed by atoms with Crippen molar-refractivity contribution in [2.24, 2.45) is 5.92 Å². The molecule has 2 heterocycles. The number of aryl methyl sites for hydroxylation is 2. The molecule has 1 saturated carbocycles. The van der Waals surface area contributed by atoms with Crippen LogP contribution in [0.25, 0.3) is 0 Å². The first-order valence-electron chi connectivity index (χ1n) is 9.63. The largest absolute Gasteiger partial charge is 0.360 e. The highest BCUT2D eigenvalue weighted by Crippen LogP contribution is 2.28. The van der Waals surface area contributed by atoms with Crippen LogP contribution in [0.5, 0.6) is 0 Å². The number of aromatic nitrogens is 1. The molecule has 0 bridgehead atoms. The summed E-state index contributed by atoms with van der Waals surface area (Å²) in [7, 11) is -3.69. The maximum absolute atomic E-state index is 13.0. The Labute approximate surface area is 155 Å². The minimum atomic E-state index is -3.69. The summed E-state index contributed by atoms with van der Waals surface area (Å²) in [5.74, 6) is 0.00495. The van der Waals surface area contributed by atoms with E-state index in [1.54, 1.807) is 13.8 Å². The van der Waals surface area contributed by atoms with E-state index in [4.69, 9.17) is 4.52 Å². The molecule has 1 amide bonds. The van der Waals surface area contributed by atoms with E-state index < -0.39 is 10.0 Å². The number of amides is 1. The van der Waals surface area contributed by atoms with Crippen molar-refractivity contribution < 1.29 is 17.7 Å². The number of rotatable bonds is 4. The van der Waals surface area contributed by atoms with Crippen molar-refractivity contribution in [1.29, 1.82) is 0 Å². The van der Waals surface area contributed by atoms with Gasteiger partial charge < -0.3 is 9.84 Å². The number of sulfonamides is 1. The van der Waals surface area contributed by atoms with Crippen LogP contribution >= 0.6 is 0 Å². The van der Waals surface area contributed by atoms with Crippen LogP contribution in [0.4, 0.5) is 0 Å². The lowest BCUT2D eigenvalue weighted by Crippen LogP contribution is -2.47. The molecule has 0 radical (unpaired) electrons. The van der Waals surface area contributed by atoms with Gasteiger partial charge in [0.25, 0.3) is 0 Å². The maximum atomic E-state index is 13.0. The number of hydrogen-bond acceptors (Lipinski definition) is 5. The van der Waals surface area contributed by atoms with Gasteiger partial charge >= 0.3 is 0 Å². The topological polar surface area (TPSA) is 92.5 Å². The smallest absolute Gasteiger partial charge is 0.248 e. The Balaban J connectivity index is 1.68. The normalized spacial score (nSPS) is 23.5. The summed E-state index contributed by atoms with van der Waals surface area (Å²) in [5.41, 5.74) is 0.368. The summed E-state index contributed by atoms with van der Waals surface area (Å²) in [5, 5.41) is 6.92. The molecule has 1 atom stereocenters. The zero-order chi connectivity index (χ0) is 18.7. The van der Waals surface area contributed by atoms with Gasteiger partial charge in [0.2, 0.25) is 15.9 Å². The van der Waals surface area contributed by atoms with Crippen molar-refractivity contribution >= 4 is 15.9 Å².